The van der Waals surface area contributed by atoms with Crippen LogP contribution in [0, 0.1) is 5.82 Å². The number of ketones is 1. The molecular weight excluding hydrogens is 445 g/mol. The van der Waals surface area contributed by atoms with Crippen molar-refractivity contribution in [1.82, 2.24) is 0 Å². The van der Waals surface area contributed by atoms with Crippen LogP contribution in [-0.2, 0) is 4.74 Å². The molecule has 0 fully saturated rings. The van der Waals surface area contributed by atoms with Gasteiger partial charge in [-0.1, -0.05) is 0 Å². The van der Waals surface area contributed by atoms with Crippen LogP contribution in [-0.4, -0.2) is 44.4 Å². The summed E-state index contributed by atoms with van der Waals surface area (Å²) in [6, 6.07) is 13.4. The van der Waals surface area contributed by atoms with E-state index in [1.807, 2.05) is 0 Å². The van der Waals surface area contributed by atoms with Gasteiger partial charge in [-0.25, -0.2) is 14.1 Å². The number of ether oxygens (including phenoxy) is 3. The number of Topliss-reactive ketones (excluding diaryl/α,β-unsaturated/α-hetero) is 1. The molecule has 1 aliphatic heterocycles. The van der Waals surface area contributed by atoms with E-state index >= 15 is 0 Å². The van der Waals surface area contributed by atoms with Crippen molar-refractivity contribution < 1.29 is 37.8 Å². The number of carbonyl (C=O) groups excluding carboxylic acids is 4. The molecule has 0 spiro atoms. The second-order valence-corrected chi connectivity index (χ2v) is 7.25. The van der Waals surface area contributed by atoms with Gasteiger partial charge in [0.05, 0.1) is 42.2 Å². The molecule has 34 heavy (non-hydrogen) atoms. The number of nitrogens with zero attached hydrogens (tertiary/aromatic N) is 1. The Hall–Kier alpha value is -4.53. The van der Waals surface area contributed by atoms with Crippen LogP contribution in [0.2, 0.25) is 0 Å². The van der Waals surface area contributed by atoms with Crippen LogP contribution >= 0.6 is 0 Å². The number of hydrogen-bond acceptors (Lipinski definition) is 7. The minimum Gasteiger partial charge on any atom is -0.497 e. The summed E-state index contributed by atoms with van der Waals surface area (Å²) in [5.41, 5.74) is 0.517. The average Bonchev–Trinajstić information content (AvgIpc) is 3.11. The molecule has 1 aliphatic rings. The van der Waals surface area contributed by atoms with Crippen molar-refractivity contribution in [3.05, 3.63) is 88.7 Å². The lowest BCUT2D eigenvalue weighted by molar-refractivity contribution is 0.0474. The number of rotatable bonds is 7. The highest BCUT2D eigenvalue weighted by Crippen LogP contribution is 2.29. The second-order valence-electron chi connectivity index (χ2n) is 7.25. The molecule has 0 saturated carbocycles. The third kappa shape index (κ3) is 4.11. The fourth-order valence-corrected chi connectivity index (χ4v) is 3.51. The molecule has 4 rings (SSSR count). The zero-order valence-electron chi connectivity index (χ0n) is 18.2. The van der Waals surface area contributed by atoms with Crippen LogP contribution in [0.4, 0.5) is 10.1 Å². The maximum Gasteiger partial charge on any atom is 0.338 e. The molecule has 0 atom stereocenters. The van der Waals surface area contributed by atoms with Crippen LogP contribution in [0.15, 0.2) is 60.7 Å². The van der Waals surface area contributed by atoms with Crippen molar-refractivity contribution in [2.45, 2.75) is 0 Å². The van der Waals surface area contributed by atoms with Gasteiger partial charge in [0.2, 0.25) is 5.78 Å². The van der Waals surface area contributed by atoms with Gasteiger partial charge in [-0.3, -0.25) is 14.4 Å². The average molecular weight is 463 g/mol. The highest BCUT2D eigenvalue weighted by Gasteiger charge is 2.37. The Bertz CT molecular complexity index is 1320. The number of methoxy groups -OCH3 is 2. The molecule has 3 aromatic carbocycles. The van der Waals surface area contributed by atoms with Gasteiger partial charge >= 0.3 is 5.97 Å². The minimum atomic E-state index is -0.843. The van der Waals surface area contributed by atoms with Crippen LogP contribution in [0.5, 0.6) is 11.5 Å². The highest BCUT2D eigenvalue weighted by atomic mass is 19.1. The van der Waals surface area contributed by atoms with Gasteiger partial charge < -0.3 is 14.2 Å². The van der Waals surface area contributed by atoms with Gasteiger partial charge in [0.15, 0.2) is 6.61 Å². The summed E-state index contributed by atoms with van der Waals surface area (Å²) >= 11 is 0. The summed E-state index contributed by atoms with van der Waals surface area (Å²) in [5, 5.41) is 0. The van der Waals surface area contributed by atoms with E-state index in [2.05, 4.69) is 0 Å². The van der Waals surface area contributed by atoms with E-state index in [1.54, 1.807) is 6.07 Å². The smallest absolute Gasteiger partial charge is 0.338 e. The van der Waals surface area contributed by atoms with Crippen LogP contribution < -0.4 is 14.4 Å². The minimum absolute atomic E-state index is 0.00430. The molecule has 2 amide bonds. The SMILES string of the molecule is COc1ccc(C(=O)COC(=O)c2ccc3c(c2)C(=O)N(c2ccc(F)cc2)C3=O)c(OC)c1. The molecule has 0 bridgehead atoms. The van der Waals surface area contributed by atoms with Crippen molar-refractivity contribution in [3.8, 4) is 11.5 Å². The zero-order valence-corrected chi connectivity index (χ0v) is 18.2. The molecule has 9 heteroatoms. The number of amides is 2. The first-order valence-corrected chi connectivity index (χ1v) is 10.0. The number of benzene rings is 3. The molecule has 1 heterocycles. The van der Waals surface area contributed by atoms with Crippen molar-refractivity contribution >= 4 is 29.3 Å². The molecule has 0 saturated heterocycles. The first kappa shape index (κ1) is 22.7. The summed E-state index contributed by atoms with van der Waals surface area (Å²) in [4.78, 5) is 51.5. The molecule has 0 aliphatic carbocycles. The van der Waals surface area contributed by atoms with E-state index in [4.69, 9.17) is 14.2 Å². The van der Waals surface area contributed by atoms with E-state index in [-0.39, 0.29) is 33.7 Å². The summed E-state index contributed by atoms with van der Waals surface area (Å²) < 4.78 is 28.6. The Morgan fingerprint density at radius 1 is 0.853 bits per heavy atom. The predicted octanol–water partition coefficient (Wildman–Crippen LogP) is 3.68. The first-order valence-electron chi connectivity index (χ1n) is 10.0. The summed E-state index contributed by atoms with van der Waals surface area (Å²) in [7, 11) is 2.88. The Morgan fingerprint density at radius 3 is 2.24 bits per heavy atom. The molecule has 0 aromatic heterocycles. The van der Waals surface area contributed by atoms with Gasteiger partial charge in [-0.15, -0.1) is 0 Å². The summed E-state index contributed by atoms with van der Waals surface area (Å²) in [6.07, 6.45) is 0. The number of esters is 1. The Labute approximate surface area is 193 Å². The fourth-order valence-electron chi connectivity index (χ4n) is 3.51. The quantitative estimate of drug-likeness (QED) is 0.299. The topological polar surface area (TPSA) is 99.2 Å². The fraction of sp³-hybridized carbons (Fsp3) is 0.120. The van der Waals surface area contributed by atoms with Crippen LogP contribution in [0.1, 0.15) is 41.4 Å². The maximum absolute atomic E-state index is 13.2. The van der Waals surface area contributed by atoms with Gasteiger partial charge in [0.1, 0.15) is 17.3 Å². The van der Waals surface area contributed by atoms with Gasteiger partial charge in [-0.05, 0) is 54.6 Å². The number of imide groups is 1. The number of halogens is 1. The normalized spacial score (nSPS) is 12.4. The van der Waals surface area contributed by atoms with Gasteiger partial charge in [-0.2, -0.15) is 0 Å². The third-order valence-corrected chi connectivity index (χ3v) is 5.25. The Kier molecular flexibility index (Phi) is 6.09. The first-order chi connectivity index (χ1) is 16.3. The summed E-state index contributed by atoms with van der Waals surface area (Å²) in [5.74, 6) is -2.33. The molecule has 8 nitrogen and oxygen atoms in total. The lowest BCUT2D eigenvalue weighted by Gasteiger charge is -2.13. The van der Waals surface area contributed by atoms with Crippen molar-refractivity contribution in [2.24, 2.45) is 0 Å². The maximum atomic E-state index is 13.2. The zero-order chi connectivity index (χ0) is 24.4. The molecule has 0 N–H and O–H groups in total. The number of fused-ring (bicyclic) bond motifs is 1. The molecule has 3 aromatic rings. The van der Waals surface area contributed by atoms with Crippen molar-refractivity contribution in [2.75, 3.05) is 25.7 Å². The molecular formula is C25H18FNO7. The van der Waals surface area contributed by atoms with E-state index in [9.17, 15) is 23.6 Å². The Balaban J connectivity index is 1.49. The van der Waals surface area contributed by atoms with E-state index < -0.39 is 36.0 Å². The number of anilines is 1. The van der Waals surface area contributed by atoms with Gasteiger partial charge in [0.25, 0.3) is 11.8 Å². The monoisotopic (exact) mass is 463 g/mol. The number of carbonyl (C=O) groups is 4. The lowest BCUT2D eigenvalue weighted by Crippen LogP contribution is -2.29. The van der Waals surface area contributed by atoms with E-state index in [0.717, 1.165) is 17.0 Å². The van der Waals surface area contributed by atoms with Crippen LogP contribution in [0.25, 0.3) is 0 Å². The Morgan fingerprint density at radius 2 is 1.56 bits per heavy atom. The van der Waals surface area contributed by atoms with Crippen LogP contribution in [0.3, 0.4) is 0 Å². The summed E-state index contributed by atoms with van der Waals surface area (Å²) in [6.45, 7) is -0.562. The third-order valence-electron chi connectivity index (χ3n) is 5.25. The number of hydrogen-bond donors (Lipinski definition) is 0. The second kappa shape index (κ2) is 9.14. The lowest BCUT2D eigenvalue weighted by atomic mass is 10.1. The van der Waals surface area contributed by atoms with E-state index in [1.165, 1.54) is 56.7 Å². The molecule has 0 unspecified atom stereocenters. The molecule has 172 valence electrons. The standard InChI is InChI=1S/C25H18FNO7/c1-32-17-8-10-19(22(12-17)33-2)21(28)13-34-25(31)14-3-9-18-20(11-14)24(30)27(23(18)29)16-6-4-15(26)5-7-16/h3-12H,13H2,1-2H3. The van der Waals surface area contributed by atoms with Crippen molar-refractivity contribution in [1.29, 1.82) is 0 Å². The van der Waals surface area contributed by atoms with Crippen molar-refractivity contribution in [3.63, 3.8) is 0 Å². The van der Waals surface area contributed by atoms with Gasteiger partial charge in [0, 0.05) is 6.07 Å². The highest BCUT2D eigenvalue weighted by molar-refractivity contribution is 6.34. The largest absolute Gasteiger partial charge is 0.497 e. The predicted molar refractivity (Wildman–Crippen MR) is 118 cm³/mol. The molecule has 0 radical (unpaired) electrons. The van der Waals surface area contributed by atoms with E-state index in [0.29, 0.717) is 5.75 Å².